The molecule has 2 unspecified atom stereocenters. The lowest BCUT2D eigenvalue weighted by atomic mass is 9.85. The first kappa shape index (κ1) is 14.6. The molecule has 2 fully saturated rings. The van der Waals surface area contributed by atoms with Gasteiger partial charge in [-0.3, -0.25) is 4.79 Å². The number of thiazole rings is 1. The number of aromatic nitrogens is 1. The topological polar surface area (TPSA) is 100 Å². The number of nitrogen functional groups attached to an aromatic ring is 1. The normalized spacial score (nSPS) is 25.6. The lowest BCUT2D eigenvalue weighted by Gasteiger charge is -2.30. The lowest BCUT2D eigenvalue weighted by Crippen LogP contribution is -2.43. The van der Waals surface area contributed by atoms with Crippen LogP contribution in [0.4, 0.5) is 10.9 Å². The predicted molar refractivity (Wildman–Crippen MR) is 83.5 cm³/mol. The van der Waals surface area contributed by atoms with Gasteiger partial charge >= 0.3 is 0 Å². The Morgan fingerprint density at radius 1 is 1.33 bits per heavy atom. The molecule has 21 heavy (non-hydrogen) atoms. The van der Waals surface area contributed by atoms with E-state index in [1.54, 1.807) is 0 Å². The fourth-order valence-corrected chi connectivity index (χ4v) is 3.67. The van der Waals surface area contributed by atoms with Crippen LogP contribution in [0.1, 0.15) is 48.2 Å². The zero-order chi connectivity index (χ0) is 14.8. The Morgan fingerprint density at radius 3 is 2.81 bits per heavy atom. The van der Waals surface area contributed by atoms with Gasteiger partial charge in [0.25, 0.3) is 5.91 Å². The SMILES string of the molecule is Nc1nc(NC2CC2)sc1C(=O)NC1CCCCC1CO. The highest BCUT2D eigenvalue weighted by Crippen LogP contribution is 2.31. The number of amides is 1. The van der Waals surface area contributed by atoms with Crippen molar-refractivity contribution in [2.75, 3.05) is 17.7 Å². The van der Waals surface area contributed by atoms with Gasteiger partial charge in [0.2, 0.25) is 0 Å². The largest absolute Gasteiger partial charge is 0.396 e. The van der Waals surface area contributed by atoms with Gasteiger partial charge in [-0.25, -0.2) is 4.98 Å². The lowest BCUT2D eigenvalue weighted by molar-refractivity contribution is 0.0877. The van der Waals surface area contributed by atoms with E-state index >= 15 is 0 Å². The van der Waals surface area contributed by atoms with Gasteiger partial charge < -0.3 is 21.5 Å². The van der Waals surface area contributed by atoms with Crippen molar-refractivity contribution in [1.82, 2.24) is 10.3 Å². The molecule has 0 saturated heterocycles. The molecule has 0 bridgehead atoms. The van der Waals surface area contributed by atoms with Gasteiger partial charge in [-0.05, 0) is 25.7 Å². The molecule has 1 amide bonds. The van der Waals surface area contributed by atoms with Crippen LogP contribution in [0.2, 0.25) is 0 Å². The van der Waals surface area contributed by atoms with Gasteiger partial charge in [-0.15, -0.1) is 0 Å². The third kappa shape index (κ3) is 3.47. The van der Waals surface area contributed by atoms with Crippen molar-refractivity contribution in [3.05, 3.63) is 4.88 Å². The molecule has 7 heteroatoms. The summed E-state index contributed by atoms with van der Waals surface area (Å²) in [6.45, 7) is 0.123. The average Bonchev–Trinajstić information content (AvgIpc) is 3.21. The van der Waals surface area contributed by atoms with Crippen LogP contribution in [0.15, 0.2) is 0 Å². The van der Waals surface area contributed by atoms with Crippen LogP contribution in [0.3, 0.4) is 0 Å². The van der Waals surface area contributed by atoms with Gasteiger partial charge in [0.15, 0.2) is 5.13 Å². The van der Waals surface area contributed by atoms with Gasteiger partial charge in [0.05, 0.1) is 0 Å². The van der Waals surface area contributed by atoms with E-state index < -0.39 is 0 Å². The Balaban J connectivity index is 1.65. The quantitative estimate of drug-likeness (QED) is 0.661. The van der Waals surface area contributed by atoms with Gasteiger partial charge in [-0.2, -0.15) is 0 Å². The van der Waals surface area contributed by atoms with Crippen LogP contribution >= 0.6 is 11.3 Å². The van der Waals surface area contributed by atoms with E-state index in [4.69, 9.17) is 5.73 Å². The van der Waals surface area contributed by atoms with E-state index in [1.165, 1.54) is 11.3 Å². The van der Waals surface area contributed by atoms with Crippen molar-refractivity contribution in [3.8, 4) is 0 Å². The summed E-state index contributed by atoms with van der Waals surface area (Å²) in [5, 5.41) is 16.4. The summed E-state index contributed by atoms with van der Waals surface area (Å²) in [4.78, 5) is 17.1. The van der Waals surface area contributed by atoms with Gasteiger partial charge in [0, 0.05) is 24.6 Å². The molecule has 116 valence electrons. The Bertz CT molecular complexity index is 515. The molecule has 1 heterocycles. The average molecular weight is 310 g/mol. The number of nitrogens with zero attached hydrogens (tertiary/aromatic N) is 1. The summed E-state index contributed by atoms with van der Waals surface area (Å²) in [5.74, 6) is 0.275. The summed E-state index contributed by atoms with van der Waals surface area (Å²) in [6.07, 6.45) is 6.41. The maximum absolute atomic E-state index is 12.4. The van der Waals surface area contributed by atoms with Gasteiger partial charge in [-0.1, -0.05) is 24.2 Å². The first-order valence-electron chi connectivity index (χ1n) is 7.62. The fraction of sp³-hybridized carbons (Fsp3) is 0.714. The Kier molecular flexibility index (Phi) is 4.30. The summed E-state index contributed by atoms with van der Waals surface area (Å²) < 4.78 is 0. The van der Waals surface area contributed by atoms with E-state index in [2.05, 4.69) is 15.6 Å². The molecule has 6 nitrogen and oxygen atoms in total. The maximum Gasteiger partial charge on any atom is 0.265 e. The number of rotatable bonds is 5. The Morgan fingerprint density at radius 2 is 2.10 bits per heavy atom. The number of carbonyl (C=O) groups is 1. The molecular formula is C14H22N4O2S. The van der Waals surface area contributed by atoms with Crippen molar-refractivity contribution in [2.45, 2.75) is 50.6 Å². The second-order valence-corrected chi connectivity index (χ2v) is 6.96. The molecule has 0 aromatic carbocycles. The number of carbonyl (C=O) groups excluding carboxylic acids is 1. The molecular weight excluding hydrogens is 288 g/mol. The number of hydrogen-bond donors (Lipinski definition) is 4. The first-order chi connectivity index (χ1) is 10.2. The highest BCUT2D eigenvalue weighted by Gasteiger charge is 2.28. The monoisotopic (exact) mass is 310 g/mol. The fourth-order valence-electron chi connectivity index (χ4n) is 2.81. The number of aliphatic hydroxyl groups excluding tert-OH is 1. The molecule has 2 aliphatic rings. The molecule has 3 rings (SSSR count). The van der Waals surface area contributed by atoms with Crippen molar-refractivity contribution >= 4 is 28.2 Å². The summed E-state index contributed by atoms with van der Waals surface area (Å²) in [6, 6.07) is 0.529. The second-order valence-electron chi connectivity index (χ2n) is 5.96. The van der Waals surface area contributed by atoms with Crippen LogP contribution in [0.5, 0.6) is 0 Å². The van der Waals surface area contributed by atoms with Crippen LogP contribution in [0, 0.1) is 5.92 Å². The molecule has 2 aliphatic carbocycles. The predicted octanol–water partition coefficient (Wildman–Crippen LogP) is 1.58. The number of nitrogens with two attached hydrogens (primary N) is 1. The summed E-state index contributed by atoms with van der Waals surface area (Å²) in [5.41, 5.74) is 5.86. The van der Waals surface area contributed by atoms with Crippen molar-refractivity contribution in [1.29, 1.82) is 0 Å². The first-order valence-corrected chi connectivity index (χ1v) is 8.43. The number of anilines is 2. The van der Waals surface area contributed by atoms with Gasteiger partial charge in [0.1, 0.15) is 10.7 Å². The maximum atomic E-state index is 12.4. The van der Waals surface area contributed by atoms with Crippen molar-refractivity contribution in [2.24, 2.45) is 5.92 Å². The Hall–Kier alpha value is -1.34. The highest BCUT2D eigenvalue weighted by atomic mass is 32.1. The molecule has 1 aromatic rings. The minimum atomic E-state index is -0.167. The summed E-state index contributed by atoms with van der Waals surface area (Å²) in [7, 11) is 0. The van der Waals surface area contributed by atoms with Crippen molar-refractivity contribution < 1.29 is 9.90 Å². The molecule has 2 atom stereocenters. The van der Waals surface area contributed by atoms with Crippen LogP contribution in [0.25, 0.3) is 0 Å². The zero-order valence-electron chi connectivity index (χ0n) is 12.0. The van der Waals surface area contributed by atoms with E-state index in [9.17, 15) is 9.90 Å². The van der Waals surface area contributed by atoms with Crippen LogP contribution in [-0.4, -0.2) is 34.7 Å². The minimum absolute atomic E-state index is 0.0394. The van der Waals surface area contributed by atoms with E-state index in [1.807, 2.05) is 0 Å². The van der Waals surface area contributed by atoms with E-state index in [0.717, 1.165) is 43.7 Å². The number of hydrogen-bond acceptors (Lipinski definition) is 6. The standard InChI is InChI=1S/C14H22N4O2S/c15-12-11(21-14(18-12)16-9-5-6-9)13(20)17-10-4-2-1-3-8(10)7-19/h8-10,19H,1-7,15H2,(H,16,18)(H,17,20). The highest BCUT2D eigenvalue weighted by molar-refractivity contribution is 7.18. The van der Waals surface area contributed by atoms with Crippen LogP contribution in [-0.2, 0) is 0 Å². The number of aliphatic hydroxyl groups is 1. The zero-order valence-corrected chi connectivity index (χ0v) is 12.8. The molecule has 0 aliphatic heterocycles. The second kappa shape index (κ2) is 6.19. The third-order valence-electron chi connectivity index (χ3n) is 4.22. The smallest absolute Gasteiger partial charge is 0.265 e. The van der Waals surface area contributed by atoms with Crippen LogP contribution < -0.4 is 16.4 Å². The molecule has 2 saturated carbocycles. The number of nitrogens with one attached hydrogen (secondary N) is 2. The molecule has 1 aromatic heterocycles. The Labute approximate surface area is 128 Å². The molecule has 0 radical (unpaired) electrons. The van der Waals surface area contributed by atoms with E-state index in [0.29, 0.717) is 10.9 Å². The third-order valence-corrected chi connectivity index (χ3v) is 5.23. The minimum Gasteiger partial charge on any atom is -0.396 e. The molecule has 5 N–H and O–H groups in total. The summed E-state index contributed by atoms with van der Waals surface area (Å²) >= 11 is 1.31. The molecule has 0 spiro atoms. The van der Waals surface area contributed by atoms with E-state index in [-0.39, 0.29) is 30.3 Å². The van der Waals surface area contributed by atoms with Crippen molar-refractivity contribution in [3.63, 3.8) is 0 Å².